The van der Waals surface area contributed by atoms with Crippen molar-refractivity contribution in [2.45, 2.75) is 6.61 Å². The van der Waals surface area contributed by atoms with Crippen LogP contribution in [0.1, 0.15) is 5.56 Å². The number of hydrogen-bond acceptors (Lipinski definition) is 4. The molecule has 1 amide bonds. The molecular formula is C18H16N2O3. The average molecular weight is 308 g/mol. The van der Waals surface area contributed by atoms with Gasteiger partial charge in [-0.2, -0.15) is 0 Å². The predicted molar refractivity (Wildman–Crippen MR) is 88.2 cm³/mol. The number of carbonyl (C=O) groups is 1. The average Bonchev–Trinajstić information content (AvgIpc) is 2.60. The minimum absolute atomic E-state index is 0.0171. The maximum Gasteiger partial charge on any atom is 0.262 e. The van der Waals surface area contributed by atoms with Crippen molar-refractivity contribution in [1.82, 2.24) is 4.98 Å². The molecule has 1 heterocycles. The molecule has 0 saturated heterocycles. The Kier molecular flexibility index (Phi) is 4.49. The van der Waals surface area contributed by atoms with Gasteiger partial charge < -0.3 is 15.2 Å². The maximum atomic E-state index is 11.9. The molecule has 3 aromatic rings. The molecule has 0 aliphatic carbocycles. The standard InChI is InChI=1S/C18H16N2O3/c21-11-13-3-7-16(8-4-13)23-12-18(22)20-15-6-5-14-2-1-9-19-17(14)10-15/h1-10,21H,11-12H2,(H,20,22). The predicted octanol–water partition coefficient (Wildman–Crippen LogP) is 2.74. The van der Waals surface area contributed by atoms with Crippen LogP contribution in [0.15, 0.2) is 60.8 Å². The van der Waals surface area contributed by atoms with Gasteiger partial charge in [0.15, 0.2) is 6.61 Å². The summed E-state index contributed by atoms with van der Waals surface area (Å²) in [6.07, 6.45) is 1.72. The van der Waals surface area contributed by atoms with Gasteiger partial charge in [-0.1, -0.05) is 24.3 Å². The van der Waals surface area contributed by atoms with Gasteiger partial charge in [-0.3, -0.25) is 9.78 Å². The lowest BCUT2D eigenvalue weighted by molar-refractivity contribution is -0.118. The molecule has 23 heavy (non-hydrogen) atoms. The molecule has 3 rings (SSSR count). The van der Waals surface area contributed by atoms with Crippen molar-refractivity contribution < 1.29 is 14.6 Å². The van der Waals surface area contributed by atoms with Crippen molar-refractivity contribution in [3.05, 3.63) is 66.4 Å². The van der Waals surface area contributed by atoms with Crippen LogP contribution in [0.2, 0.25) is 0 Å². The molecular weight excluding hydrogens is 292 g/mol. The van der Waals surface area contributed by atoms with Crippen LogP contribution in [-0.2, 0) is 11.4 Å². The van der Waals surface area contributed by atoms with Crippen LogP contribution in [0.25, 0.3) is 10.9 Å². The number of rotatable bonds is 5. The van der Waals surface area contributed by atoms with Crippen LogP contribution < -0.4 is 10.1 Å². The summed E-state index contributed by atoms with van der Waals surface area (Å²) in [7, 11) is 0. The van der Waals surface area contributed by atoms with E-state index < -0.39 is 0 Å². The Bertz CT molecular complexity index is 816. The zero-order chi connectivity index (χ0) is 16.1. The number of carbonyl (C=O) groups excluding carboxylic acids is 1. The van der Waals surface area contributed by atoms with Crippen molar-refractivity contribution in [1.29, 1.82) is 0 Å². The Morgan fingerprint density at radius 1 is 1.13 bits per heavy atom. The van der Waals surface area contributed by atoms with Crippen LogP contribution in [-0.4, -0.2) is 22.6 Å². The lowest BCUT2D eigenvalue weighted by Gasteiger charge is -2.08. The molecule has 1 aromatic heterocycles. The molecule has 2 aromatic carbocycles. The molecule has 5 nitrogen and oxygen atoms in total. The molecule has 0 spiro atoms. The van der Waals surface area contributed by atoms with E-state index in [4.69, 9.17) is 9.84 Å². The number of nitrogens with zero attached hydrogens (tertiary/aromatic N) is 1. The van der Waals surface area contributed by atoms with Gasteiger partial charge in [-0.25, -0.2) is 0 Å². The van der Waals surface area contributed by atoms with E-state index >= 15 is 0 Å². The third-order valence-corrected chi connectivity index (χ3v) is 3.37. The molecule has 5 heteroatoms. The van der Waals surface area contributed by atoms with E-state index in [9.17, 15) is 4.79 Å². The second kappa shape index (κ2) is 6.89. The first-order valence-corrected chi connectivity index (χ1v) is 7.22. The molecule has 116 valence electrons. The molecule has 0 bridgehead atoms. The van der Waals surface area contributed by atoms with Crippen LogP contribution in [0.4, 0.5) is 5.69 Å². The van der Waals surface area contributed by atoms with Crippen molar-refractivity contribution in [2.75, 3.05) is 11.9 Å². The maximum absolute atomic E-state index is 11.9. The second-order valence-electron chi connectivity index (χ2n) is 5.05. The smallest absolute Gasteiger partial charge is 0.262 e. The first-order chi connectivity index (χ1) is 11.2. The molecule has 0 aliphatic heterocycles. The highest BCUT2D eigenvalue weighted by Gasteiger charge is 2.05. The van der Waals surface area contributed by atoms with Gasteiger partial charge in [0.2, 0.25) is 0 Å². The molecule has 2 N–H and O–H groups in total. The van der Waals surface area contributed by atoms with Gasteiger partial charge in [0.25, 0.3) is 5.91 Å². The minimum Gasteiger partial charge on any atom is -0.484 e. The Morgan fingerprint density at radius 2 is 1.96 bits per heavy atom. The van der Waals surface area contributed by atoms with Gasteiger partial charge in [0.1, 0.15) is 5.75 Å². The summed E-state index contributed by atoms with van der Waals surface area (Å²) < 4.78 is 5.42. The highest BCUT2D eigenvalue weighted by atomic mass is 16.5. The fraction of sp³-hybridized carbons (Fsp3) is 0.111. The quantitative estimate of drug-likeness (QED) is 0.760. The number of amides is 1. The van der Waals surface area contributed by atoms with E-state index in [1.54, 1.807) is 30.5 Å². The Morgan fingerprint density at radius 3 is 2.74 bits per heavy atom. The summed E-state index contributed by atoms with van der Waals surface area (Å²) in [5, 5.41) is 12.8. The topological polar surface area (TPSA) is 71.5 Å². The fourth-order valence-corrected chi connectivity index (χ4v) is 2.18. The van der Waals surface area contributed by atoms with Crippen molar-refractivity contribution in [3.63, 3.8) is 0 Å². The third kappa shape index (κ3) is 3.84. The second-order valence-corrected chi connectivity index (χ2v) is 5.05. The molecule has 0 atom stereocenters. The van der Waals surface area contributed by atoms with Crippen LogP contribution in [0.3, 0.4) is 0 Å². The van der Waals surface area contributed by atoms with Gasteiger partial charge in [0.05, 0.1) is 12.1 Å². The van der Waals surface area contributed by atoms with Gasteiger partial charge in [-0.15, -0.1) is 0 Å². The number of aromatic nitrogens is 1. The number of hydrogen-bond donors (Lipinski definition) is 2. The largest absolute Gasteiger partial charge is 0.484 e. The summed E-state index contributed by atoms with van der Waals surface area (Å²) in [6.45, 7) is -0.102. The number of benzene rings is 2. The van der Waals surface area contributed by atoms with Crippen LogP contribution in [0.5, 0.6) is 5.75 Å². The van der Waals surface area contributed by atoms with E-state index in [-0.39, 0.29) is 19.1 Å². The summed E-state index contributed by atoms with van der Waals surface area (Å²) in [5.74, 6) is 0.337. The van der Waals surface area contributed by atoms with E-state index in [1.165, 1.54) is 0 Å². The molecule has 0 aliphatic rings. The highest BCUT2D eigenvalue weighted by Crippen LogP contribution is 2.17. The Labute approximate surface area is 133 Å². The SMILES string of the molecule is O=C(COc1ccc(CO)cc1)Nc1ccc2cccnc2c1. The first-order valence-electron chi connectivity index (χ1n) is 7.22. The summed E-state index contributed by atoms with van der Waals surface area (Å²) in [6, 6.07) is 16.3. The summed E-state index contributed by atoms with van der Waals surface area (Å²) in [5.41, 5.74) is 2.30. The molecule has 0 unspecified atom stereocenters. The number of aliphatic hydroxyl groups is 1. The number of fused-ring (bicyclic) bond motifs is 1. The number of ether oxygens (including phenoxy) is 1. The van der Waals surface area contributed by atoms with Crippen LogP contribution in [0, 0.1) is 0 Å². The normalized spacial score (nSPS) is 10.5. The summed E-state index contributed by atoms with van der Waals surface area (Å²) in [4.78, 5) is 16.2. The fourth-order valence-electron chi connectivity index (χ4n) is 2.18. The monoisotopic (exact) mass is 308 g/mol. The van der Waals surface area contributed by atoms with Crippen molar-refractivity contribution >= 4 is 22.5 Å². The molecule has 0 saturated carbocycles. The van der Waals surface area contributed by atoms with Crippen LogP contribution >= 0.6 is 0 Å². The van der Waals surface area contributed by atoms with Gasteiger partial charge >= 0.3 is 0 Å². The van der Waals surface area contributed by atoms with Gasteiger partial charge in [0, 0.05) is 17.3 Å². The Hall–Kier alpha value is -2.92. The highest BCUT2D eigenvalue weighted by molar-refractivity contribution is 5.94. The zero-order valence-electron chi connectivity index (χ0n) is 12.4. The Balaban J connectivity index is 1.59. The molecule has 0 radical (unpaired) electrons. The lowest BCUT2D eigenvalue weighted by Crippen LogP contribution is -2.20. The van der Waals surface area contributed by atoms with E-state index in [1.807, 2.05) is 30.3 Å². The number of nitrogens with one attached hydrogen (secondary N) is 1. The number of pyridine rings is 1. The van der Waals surface area contributed by atoms with E-state index in [0.29, 0.717) is 11.4 Å². The molecule has 0 fully saturated rings. The number of anilines is 1. The number of aliphatic hydroxyl groups excluding tert-OH is 1. The lowest BCUT2D eigenvalue weighted by atomic mass is 10.2. The zero-order valence-corrected chi connectivity index (χ0v) is 12.4. The minimum atomic E-state index is -0.244. The van der Waals surface area contributed by atoms with E-state index in [0.717, 1.165) is 16.5 Å². The third-order valence-electron chi connectivity index (χ3n) is 3.37. The summed E-state index contributed by atoms with van der Waals surface area (Å²) >= 11 is 0. The van der Waals surface area contributed by atoms with Crippen molar-refractivity contribution in [3.8, 4) is 5.75 Å². The van der Waals surface area contributed by atoms with Gasteiger partial charge in [-0.05, 0) is 35.9 Å². The van der Waals surface area contributed by atoms with E-state index in [2.05, 4.69) is 10.3 Å². The first kappa shape index (κ1) is 15.0. The van der Waals surface area contributed by atoms with Crippen molar-refractivity contribution in [2.24, 2.45) is 0 Å².